The summed E-state index contributed by atoms with van der Waals surface area (Å²) in [4.78, 5) is 7.09. The highest BCUT2D eigenvalue weighted by atomic mass is 16.5. The lowest BCUT2D eigenvalue weighted by Crippen LogP contribution is -2.40. The molecule has 0 atom stereocenters. The average Bonchev–Trinajstić information content (AvgIpc) is 2.66. The molecule has 0 saturated carbocycles. The molecule has 1 aliphatic rings. The largest absolute Gasteiger partial charge is 0.496 e. The Bertz CT molecular complexity index is 568. The van der Waals surface area contributed by atoms with E-state index >= 15 is 0 Å². The Balaban J connectivity index is 1.89. The normalized spacial score (nSPS) is 15.8. The van der Waals surface area contributed by atoms with E-state index in [0.717, 1.165) is 56.9 Å². The van der Waals surface area contributed by atoms with Gasteiger partial charge in [-0.2, -0.15) is 0 Å². The quantitative estimate of drug-likeness (QED) is 0.570. The fourth-order valence-electron chi connectivity index (χ4n) is 3.37. The van der Waals surface area contributed by atoms with Gasteiger partial charge in [0.1, 0.15) is 5.75 Å². The maximum Gasteiger partial charge on any atom is 0.193 e. The standard InChI is InChI=1S/C21H35N3O2/c1-5-22-21(24(3)13-9-18-10-14-26-15-11-18)23-12-8-19-16-17(2)6-7-20(19)25-4/h6-7,16,18H,5,8-15H2,1-4H3,(H,22,23). The highest BCUT2D eigenvalue weighted by molar-refractivity contribution is 5.79. The Morgan fingerprint density at radius 3 is 2.81 bits per heavy atom. The minimum absolute atomic E-state index is 0.754. The number of guanidine groups is 1. The van der Waals surface area contributed by atoms with Crippen molar-refractivity contribution in [1.82, 2.24) is 10.2 Å². The number of hydrogen-bond acceptors (Lipinski definition) is 3. The van der Waals surface area contributed by atoms with Gasteiger partial charge in [0.2, 0.25) is 0 Å². The van der Waals surface area contributed by atoms with Crippen LogP contribution in [0.15, 0.2) is 23.2 Å². The molecular formula is C21H35N3O2. The van der Waals surface area contributed by atoms with Crippen LogP contribution in [0.5, 0.6) is 5.75 Å². The van der Waals surface area contributed by atoms with E-state index in [0.29, 0.717) is 0 Å². The molecule has 1 aliphatic heterocycles. The molecule has 1 N–H and O–H groups in total. The Morgan fingerprint density at radius 1 is 1.35 bits per heavy atom. The van der Waals surface area contributed by atoms with E-state index in [1.807, 2.05) is 6.07 Å². The Hall–Kier alpha value is -1.75. The van der Waals surface area contributed by atoms with Crippen LogP contribution in [0.25, 0.3) is 0 Å². The van der Waals surface area contributed by atoms with Crippen molar-refractivity contribution in [2.24, 2.45) is 10.9 Å². The lowest BCUT2D eigenvalue weighted by atomic mass is 9.96. The minimum Gasteiger partial charge on any atom is -0.496 e. The van der Waals surface area contributed by atoms with Crippen LogP contribution in [0.4, 0.5) is 0 Å². The zero-order chi connectivity index (χ0) is 18.8. The Labute approximate surface area is 158 Å². The van der Waals surface area contributed by atoms with Crippen LogP contribution in [0, 0.1) is 12.8 Å². The molecule has 0 aliphatic carbocycles. The number of nitrogens with one attached hydrogen (secondary N) is 1. The molecule has 0 unspecified atom stereocenters. The first-order valence-electron chi connectivity index (χ1n) is 9.84. The minimum atomic E-state index is 0.754. The summed E-state index contributed by atoms with van der Waals surface area (Å²) in [6.07, 6.45) is 4.47. The summed E-state index contributed by atoms with van der Waals surface area (Å²) in [6, 6.07) is 6.31. The van der Waals surface area contributed by atoms with Gasteiger partial charge in [-0.1, -0.05) is 17.7 Å². The molecule has 1 aromatic rings. The lowest BCUT2D eigenvalue weighted by Gasteiger charge is -2.26. The maximum atomic E-state index is 5.47. The van der Waals surface area contributed by atoms with Gasteiger partial charge in [0, 0.05) is 39.9 Å². The first kappa shape index (κ1) is 20.6. The molecule has 2 rings (SSSR count). The predicted octanol–water partition coefficient (Wildman–Crippen LogP) is 3.26. The summed E-state index contributed by atoms with van der Waals surface area (Å²) in [6.45, 7) is 8.73. The number of hydrogen-bond donors (Lipinski definition) is 1. The second kappa shape index (κ2) is 11.1. The van der Waals surface area contributed by atoms with Crippen molar-refractivity contribution in [3.63, 3.8) is 0 Å². The van der Waals surface area contributed by atoms with Gasteiger partial charge in [0.25, 0.3) is 0 Å². The third kappa shape index (κ3) is 6.52. The van der Waals surface area contributed by atoms with E-state index in [1.165, 1.54) is 30.4 Å². The predicted molar refractivity (Wildman–Crippen MR) is 108 cm³/mol. The molecule has 5 heteroatoms. The smallest absolute Gasteiger partial charge is 0.193 e. The van der Waals surface area contributed by atoms with Crippen molar-refractivity contribution >= 4 is 5.96 Å². The second-order valence-corrected chi connectivity index (χ2v) is 7.07. The summed E-state index contributed by atoms with van der Waals surface area (Å²) in [5, 5.41) is 3.42. The summed E-state index contributed by atoms with van der Waals surface area (Å²) in [5.41, 5.74) is 2.47. The number of nitrogens with zero attached hydrogens (tertiary/aromatic N) is 2. The molecule has 1 heterocycles. The first-order chi connectivity index (χ1) is 12.6. The fourth-order valence-corrected chi connectivity index (χ4v) is 3.37. The SMILES string of the molecule is CCNC(=NCCc1cc(C)ccc1OC)N(C)CCC1CCOCC1. The summed E-state index contributed by atoms with van der Waals surface area (Å²) >= 11 is 0. The van der Waals surface area contributed by atoms with E-state index in [-0.39, 0.29) is 0 Å². The van der Waals surface area contributed by atoms with Crippen LogP contribution in [0.1, 0.15) is 37.3 Å². The van der Waals surface area contributed by atoms with Crippen molar-refractivity contribution in [2.45, 2.75) is 39.5 Å². The summed E-state index contributed by atoms with van der Waals surface area (Å²) < 4.78 is 10.9. The van der Waals surface area contributed by atoms with Crippen LogP contribution in [0.2, 0.25) is 0 Å². The molecule has 0 amide bonds. The Morgan fingerprint density at radius 2 is 2.12 bits per heavy atom. The van der Waals surface area contributed by atoms with E-state index in [4.69, 9.17) is 14.5 Å². The van der Waals surface area contributed by atoms with Crippen LogP contribution in [-0.4, -0.2) is 57.9 Å². The second-order valence-electron chi connectivity index (χ2n) is 7.07. The number of ether oxygens (including phenoxy) is 2. The van der Waals surface area contributed by atoms with Crippen molar-refractivity contribution in [3.8, 4) is 5.75 Å². The van der Waals surface area contributed by atoms with Crippen LogP contribution < -0.4 is 10.1 Å². The molecule has 0 spiro atoms. The maximum absolute atomic E-state index is 5.47. The average molecular weight is 362 g/mol. The molecule has 0 aromatic heterocycles. The van der Waals surface area contributed by atoms with E-state index < -0.39 is 0 Å². The number of aryl methyl sites for hydroxylation is 1. The molecule has 0 bridgehead atoms. The molecule has 1 saturated heterocycles. The van der Waals surface area contributed by atoms with Gasteiger partial charge >= 0.3 is 0 Å². The third-order valence-electron chi connectivity index (χ3n) is 4.99. The zero-order valence-electron chi connectivity index (χ0n) is 16.9. The van der Waals surface area contributed by atoms with Gasteiger partial charge in [-0.15, -0.1) is 0 Å². The van der Waals surface area contributed by atoms with E-state index in [2.05, 4.69) is 43.2 Å². The highest BCUT2D eigenvalue weighted by Crippen LogP contribution is 2.20. The van der Waals surface area contributed by atoms with Crippen LogP contribution in [0.3, 0.4) is 0 Å². The van der Waals surface area contributed by atoms with E-state index in [1.54, 1.807) is 7.11 Å². The van der Waals surface area contributed by atoms with Crippen LogP contribution >= 0.6 is 0 Å². The fraction of sp³-hybridized carbons (Fsp3) is 0.667. The first-order valence-corrected chi connectivity index (χ1v) is 9.84. The van der Waals surface area contributed by atoms with Gasteiger partial charge in [-0.25, -0.2) is 0 Å². The summed E-state index contributed by atoms with van der Waals surface area (Å²) in [5.74, 6) is 2.72. The van der Waals surface area contributed by atoms with Gasteiger partial charge in [0.15, 0.2) is 5.96 Å². The van der Waals surface area contributed by atoms with E-state index in [9.17, 15) is 0 Å². The molecule has 146 valence electrons. The lowest BCUT2D eigenvalue weighted by molar-refractivity contribution is 0.0625. The van der Waals surface area contributed by atoms with Crippen molar-refractivity contribution in [1.29, 1.82) is 0 Å². The molecular weight excluding hydrogens is 326 g/mol. The van der Waals surface area contributed by atoms with Crippen molar-refractivity contribution < 1.29 is 9.47 Å². The Kier molecular flexibility index (Phi) is 8.75. The zero-order valence-corrected chi connectivity index (χ0v) is 16.9. The third-order valence-corrected chi connectivity index (χ3v) is 4.99. The summed E-state index contributed by atoms with van der Waals surface area (Å²) in [7, 11) is 3.86. The van der Waals surface area contributed by atoms with Gasteiger partial charge in [0.05, 0.1) is 7.11 Å². The van der Waals surface area contributed by atoms with Crippen LogP contribution in [-0.2, 0) is 11.2 Å². The van der Waals surface area contributed by atoms with Gasteiger partial charge in [-0.05, 0) is 57.1 Å². The van der Waals surface area contributed by atoms with Crippen molar-refractivity contribution in [3.05, 3.63) is 29.3 Å². The van der Waals surface area contributed by atoms with Gasteiger partial charge < -0.3 is 19.7 Å². The monoisotopic (exact) mass is 361 g/mol. The number of benzene rings is 1. The molecule has 26 heavy (non-hydrogen) atoms. The number of rotatable bonds is 8. The van der Waals surface area contributed by atoms with Gasteiger partial charge in [-0.3, -0.25) is 4.99 Å². The number of methoxy groups -OCH3 is 1. The topological polar surface area (TPSA) is 46.1 Å². The molecule has 1 fully saturated rings. The molecule has 5 nitrogen and oxygen atoms in total. The molecule has 1 aromatic carbocycles. The van der Waals surface area contributed by atoms with Crippen molar-refractivity contribution in [2.75, 3.05) is 47.0 Å². The molecule has 0 radical (unpaired) electrons. The highest BCUT2D eigenvalue weighted by Gasteiger charge is 2.15. The number of aliphatic imine (C=N–C) groups is 1.